The number of carbonyl (C=O) groups is 2. The summed E-state index contributed by atoms with van der Waals surface area (Å²) in [6.45, 7) is 6.93. The third-order valence-corrected chi connectivity index (χ3v) is 6.54. The van der Waals surface area contributed by atoms with Gasteiger partial charge in [0.15, 0.2) is 0 Å². The van der Waals surface area contributed by atoms with Gasteiger partial charge in [-0.05, 0) is 44.1 Å². The van der Waals surface area contributed by atoms with Crippen molar-refractivity contribution in [3.8, 4) is 0 Å². The summed E-state index contributed by atoms with van der Waals surface area (Å²) in [6, 6.07) is 9.86. The Morgan fingerprint density at radius 2 is 1.72 bits per heavy atom. The van der Waals surface area contributed by atoms with E-state index in [1.54, 1.807) is 0 Å². The topological polar surface area (TPSA) is 70.1 Å². The van der Waals surface area contributed by atoms with Gasteiger partial charge in [0.1, 0.15) is 0 Å². The fraction of sp³-hybridized carbons (Fsp3) is 0.652. The van der Waals surface area contributed by atoms with E-state index in [0.717, 1.165) is 65.0 Å². The quantitative estimate of drug-likeness (QED) is 0.750. The maximum Gasteiger partial charge on any atom is 0.490 e. The minimum Gasteiger partial charge on any atom is -0.475 e. The van der Waals surface area contributed by atoms with Gasteiger partial charge in [0.2, 0.25) is 5.91 Å². The zero-order chi connectivity index (χ0) is 23.3. The molecule has 3 saturated heterocycles. The van der Waals surface area contributed by atoms with Gasteiger partial charge in [-0.1, -0.05) is 29.8 Å². The normalized spacial score (nSPS) is 24.6. The van der Waals surface area contributed by atoms with Crippen molar-refractivity contribution >= 4 is 11.9 Å². The van der Waals surface area contributed by atoms with E-state index in [9.17, 15) is 18.0 Å². The van der Waals surface area contributed by atoms with Gasteiger partial charge in [0, 0.05) is 51.4 Å². The number of aliphatic carboxylic acids is 1. The zero-order valence-electron chi connectivity index (χ0n) is 18.3. The molecule has 6 nitrogen and oxygen atoms in total. The highest BCUT2D eigenvalue weighted by Gasteiger charge is 2.43. The number of piperidine rings is 1. The van der Waals surface area contributed by atoms with Crippen molar-refractivity contribution in [3.05, 3.63) is 35.4 Å². The molecule has 9 heteroatoms. The van der Waals surface area contributed by atoms with Crippen molar-refractivity contribution in [2.75, 3.05) is 26.3 Å². The lowest BCUT2D eigenvalue weighted by molar-refractivity contribution is -0.192. The Labute approximate surface area is 186 Å². The molecule has 3 aliphatic rings. The summed E-state index contributed by atoms with van der Waals surface area (Å²) in [6.07, 6.45) is 0.00239. The molecule has 0 radical (unpaired) electrons. The molecule has 1 aromatic rings. The van der Waals surface area contributed by atoms with Crippen LogP contribution in [-0.2, 0) is 20.9 Å². The molecule has 0 saturated carbocycles. The van der Waals surface area contributed by atoms with E-state index in [2.05, 4.69) is 41.0 Å². The number of carboxylic acids is 1. The first-order chi connectivity index (χ1) is 15.1. The van der Waals surface area contributed by atoms with Crippen molar-refractivity contribution < 1.29 is 32.6 Å². The number of carboxylic acid groups (broad SMARTS) is 1. The van der Waals surface area contributed by atoms with Gasteiger partial charge in [-0.25, -0.2) is 4.79 Å². The number of halogens is 3. The first kappa shape index (κ1) is 24.5. The molecule has 3 aliphatic heterocycles. The van der Waals surface area contributed by atoms with Gasteiger partial charge in [0.25, 0.3) is 0 Å². The maximum absolute atomic E-state index is 12.6. The zero-order valence-corrected chi connectivity index (χ0v) is 18.3. The number of aryl methyl sites for hydroxylation is 1. The Morgan fingerprint density at radius 1 is 1.09 bits per heavy atom. The first-order valence-electron chi connectivity index (χ1n) is 11.1. The monoisotopic (exact) mass is 456 g/mol. The maximum atomic E-state index is 12.6. The number of benzene rings is 1. The Bertz CT molecular complexity index is 778. The molecule has 1 aromatic carbocycles. The van der Waals surface area contributed by atoms with Gasteiger partial charge in [-0.3, -0.25) is 9.69 Å². The molecule has 4 rings (SSSR count). The summed E-state index contributed by atoms with van der Waals surface area (Å²) >= 11 is 0. The standard InChI is InChI=1S/C21H30N2O2.C2HF3O2/c1-16-2-4-17(5-3-16)14-22-11-8-20-19(22)6-7-21(24)23(20)15-18-9-12-25-13-10-18;3-2(4,5)1(6)7/h2-5,18-20H,6-15H2,1H3;(H,6,7)/t19-,20-;/m0./s1. The second kappa shape index (κ2) is 10.7. The Hall–Kier alpha value is -2.13. The smallest absolute Gasteiger partial charge is 0.475 e. The molecule has 2 atom stereocenters. The molecule has 0 unspecified atom stereocenters. The van der Waals surface area contributed by atoms with Gasteiger partial charge in [-0.2, -0.15) is 13.2 Å². The summed E-state index contributed by atoms with van der Waals surface area (Å²) in [5, 5.41) is 7.12. The fourth-order valence-electron chi connectivity index (χ4n) is 4.81. The van der Waals surface area contributed by atoms with Crippen LogP contribution in [0, 0.1) is 12.8 Å². The first-order valence-corrected chi connectivity index (χ1v) is 11.1. The summed E-state index contributed by atoms with van der Waals surface area (Å²) < 4.78 is 37.2. The molecule has 0 aromatic heterocycles. The van der Waals surface area contributed by atoms with E-state index >= 15 is 0 Å². The highest BCUT2D eigenvalue weighted by molar-refractivity contribution is 5.77. The van der Waals surface area contributed by atoms with Crippen LogP contribution in [0.2, 0.25) is 0 Å². The number of hydrogen-bond donors (Lipinski definition) is 1. The second-order valence-electron chi connectivity index (χ2n) is 8.82. The molecule has 0 spiro atoms. The lowest BCUT2D eigenvalue weighted by Crippen LogP contribution is -2.53. The van der Waals surface area contributed by atoms with Crippen LogP contribution in [0.1, 0.15) is 43.2 Å². The highest BCUT2D eigenvalue weighted by atomic mass is 19.4. The van der Waals surface area contributed by atoms with E-state index < -0.39 is 12.1 Å². The van der Waals surface area contributed by atoms with Crippen molar-refractivity contribution in [2.24, 2.45) is 5.92 Å². The number of rotatable bonds is 4. The number of ether oxygens (including phenoxy) is 1. The summed E-state index contributed by atoms with van der Waals surface area (Å²) in [5.74, 6) is -1.75. The molecule has 1 amide bonds. The molecule has 0 bridgehead atoms. The van der Waals surface area contributed by atoms with E-state index in [-0.39, 0.29) is 0 Å². The van der Waals surface area contributed by atoms with E-state index in [1.165, 1.54) is 11.1 Å². The number of amides is 1. The van der Waals surface area contributed by atoms with Gasteiger partial charge in [0.05, 0.1) is 0 Å². The summed E-state index contributed by atoms with van der Waals surface area (Å²) in [4.78, 5) is 26.3. The Balaban J connectivity index is 0.000000360. The van der Waals surface area contributed by atoms with Crippen molar-refractivity contribution in [1.82, 2.24) is 9.80 Å². The van der Waals surface area contributed by atoms with Gasteiger partial charge < -0.3 is 14.7 Å². The molecule has 1 N–H and O–H groups in total. The predicted octanol–water partition coefficient (Wildman–Crippen LogP) is 3.62. The van der Waals surface area contributed by atoms with Crippen molar-refractivity contribution in [2.45, 2.75) is 63.8 Å². The van der Waals surface area contributed by atoms with Gasteiger partial charge in [-0.15, -0.1) is 0 Å². The van der Waals surface area contributed by atoms with Crippen LogP contribution < -0.4 is 0 Å². The summed E-state index contributed by atoms with van der Waals surface area (Å²) in [7, 11) is 0. The van der Waals surface area contributed by atoms with Crippen LogP contribution in [0.15, 0.2) is 24.3 Å². The molecule has 3 heterocycles. The molecule has 0 aliphatic carbocycles. The highest BCUT2D eigenvalue weighted by Crippen LogP contribution is 2.34. The van der Waals surface area contributed by atoms with E-state index in [1.807, 2.05) is 0 Å². The number of carbonyl (C=O) groups excluding carboxylic acids is 1. The third-order valence-electron chi connectivity index (χ3n) is 6.54. The summed E-state index contributed by atoms with van der Waals surface area (Å²) in [5.41, 5.74) is 2.70. The molecule has 178 valence electrons. The largest absolute Gasteiger partial charge is 0.490 e. The SMILES string of the molecule is Cc1ccc(CN2CC[C@H]3[C@@H]2CCC(=O)N3CC2CCOCC2)cc1.O=C(O)C(F)(F)F. The second-order valence-corrected chi connectivity index (χ2v) is 8.82. The minimum atomic E-state index is -5.08. The number of fused-ring (bicyclic) bond motifs is 1. The van der Waals surface area contributed by atoms with Crippen molar-refractivity contribution in [1.29, 1.82) is 0 Å². The Morgan fingerprint density at radius 3 is 2.31 bits per heavy atom. The lowest BCUT2D eigenvalue weighted by Gasteiger charge is -2.42. The fourth-order valence-corrected chi connectivity index (χ4v) is 4.81. The van der Waals surface area contributed by atoms with Crippen LogP contribution in [0.4, 0.5) is 13.2 Å². The van der Waals surface area contributed by atoms with Crippen LogP contribution in [0.3, 0.4) is 0 Å². The van der Waals surface area contributed by atoms with E-state index in [4.69, 9.17) is 14.6 Å². The van der Waals surface area contributed by atoms with E-state index in [0.29, 0.717) is 23.9 Å². The molecule has 3 fully saturated rings. The van der Waals surface area contributed by atoms with Crippen LogP contribution in [0.5, 0.6) is 0 Å². The minimum absolute atomic E-state index is 0.380. The van der Waals surface area contributed by atoms with Crippen LogP contribution >= 0.6 is 0 Å². The van der Waals surface area contributed by atoms with Crippen molar-refractivity contribution in [3.63, 3.8) is 0 Å². The number of hydrogen-bond acceptors (Lipinski definition) is 4. The average molecular weight is 457 g/mol. The number of nitrogens with zero attached hydrogens (tertiary/aromatic N) is 2. The molecular weight excluding hydrogens is 425 g/mol. The van der Waals surface area contributed by atoms with Crippen LogP contribution in [-0.4, -0.2) is 71.3 Å². The lowest BCUT2D eigenvalue weighted by atomic mass is 9.92. The number of likely N-dealkylation sites (tertiary alicyclic amines) is 2. The molecule has 32 heavy (non-hydrogen) atoms. The van der Waals surface area contributed by atoms with Gasteiger partial charge >= 0.3 is 12.1 Å². The average Bonchev–Trinajstić information content (AvgIpc) is 3.15. The Kier molecular flexibility index (Phi) is 8.16. The van der Waals surface area contributed by atoms with Crippen LogP contribution in [0.25, 0.3) is 0 Å². The predicted molar refractivity (Wildman–Crippen MR) is 112 cm³/mol. The number of alkyl halides is 3. The molecular formula is C23H31F3N2O4. The third kappa shape index (κ3) is 6.45.